The molecule has 22 heavy (non-hydrogen) atoms. The smallest absolute Gasteiger partial charge is 0.138 e. The number of rotatable bonds is 4. The van der Waals surface area contributed by atoms with E-state index in [0.717, 1.165) is 28.3 Å². The molecule has 0 amide bonds. The van der Waals surface area contributed by atoms with Gasteiger partial charge in [0.05, 0.1) is 17.9 Å². The summed E-state index contributed by atoms with van der Waals surface area (Å²) in [5, 5.41) is 12.2. The number of halogens is 1. The van der Waals surface area contributed by atoms with Gasteiger partial charge in [0, 0.05) is 17.7 Å². The van der Waals surface area contributed by atoms with E-state index in [-0.39, 0.29) is 12.4 Å². The van der Waals surface area contributed by atoms with Crippen molar-refractivity contribution >= 4 is 0 Å². The van der Waals surface area contributed by atoms with Crippen molar-refractivity contribution in [2.45, 2.75) is 26.9 Å². The Bertz CT molecular complexity index is 771. The molecule has 114 valence electrons. The quantitative estimate of drug-likeness (QED) is 0.798. The van der Waals surface area contributed by atoms with Crippen LogP contribution in [0.5, 0.6) is 0 Å². The van der Waals surface area contributed by atoms with Gasteiger partial charge in [0.15, 0.2) is 0 Å². The summed E-state index contributed by atoms with van der Waals surface area (Å²) in [5.74, 6) is 0.454. The maximum Gasteiger partial charge on any atom is 0.138 e. The van der Waals surface area contributed by atoms with Crippen molar-refractivity contribution in [3.05, 3.63) is 52.8 Å². The zero-order chi connectivity index (χ0) is 15.7. The summed E-state index contributed by atoms with van der Waals surface area (Å²) < 4.78 is 20.1. The van der Waals surface area contributed by atoms with Crippen LogP contribution in [0, 0.1) is 19.7 Å². The third-order valence-electron chi connectivity index (χ3n) is 3.60. The summed E-state index contributed by atoms with van der Waals surface area (Å²) in [6, 6.07) is 6.19. The molecule has 3 aromatic rings. The van der Waals surface area contributed by atoms with E-state index in [0.29, 0.717) is 12.2 Å². The second-order valence-electron chi connectivity index (χ2n) is 5.06. The van der Waals surface area contributed by atoms with Crippen LogP contribution < -0.4 is 5.73 Å². The Morgan fingerprint density at radius 2 is 1.95 bits per heavy atom. The zero-order valence-electron chi connectivity index (χ0n) is 12.4. The first kappa shape index (κ1) is 14.4. The maximum atomic E-state index is 13.1. The fourth-order valence-corrected chi connectivity index (χ4v) is 2.40. The number of hydrogen-bond donors (Lipinski definition) is 1. The van der Waals surface area contributed by atoms with Crippen LogP contribution in [-0.4, -0.2) is 20.2 Å². The Hall–Kier alpha value is -2.54. The highest BCUT2D eigenvalue weighted by Gasteiger charge is 2.17. The molecule has 0 unspecified atom stereocenters. The van der Waals surface area contributed by atoms with Gasteiger partial charge in [-0.2, -0.15) is 0 Å². The van der Waals surface area contributed by atoms with E-state index in [1.807, 2.05) is 13.8 Å². The highest BCUT2D eigenvalue weighted by Crippen LogP contribution is 2.24. The van der Waals surface area contributed by atoms with Gasteiger partial charge in [0.2, 0.25) is 0 Å². The summed E-state index contributed by atoms with van der Waals surface area (Å²) in [6.07, 6.45) is 0. The molecular formula is C15H16FN5O. The van der Waals surface area contributed by atoms with Crippen LogP contribution in [0.25, 0.3) is 11.3 Å². The van der Waals surface area contributed by atoms with Gasteiger partial charge in [0.25, 0.3) is 0 Å². The van der Waals surface area contributed by atoms with Crippen LogP contribution in [0.4, 0.5) is 4.39 Å². The second kappa shape index (κ2) is 5.69. The second-order valence-corrected chi connectivity index (χ2v) is 5.06. The molecule has 0 bridgehead atoms. The minimum Gasteiger partial charge on any atom is -0.361 e. The maximum absolute atomic E-state index is 13.1. The summed E-state index contributed by atoms with van der Waals surface area (Å²) in [7, 11) is 0. The van der Waals surface area contributed by atoms with Crippen molar-refractivity contribution in [2.75, 3.05) is 0 Å². The van der Waals surface area contributed by atoms with Gasteiger partial charge in [-0.25, -0.2) is 9.07 Å². The molecule has 2 heterocycles. The van der Waals surface area contributed by atoms with Gasteiger partial charge in [-0.1, -0.05) is 10.4 Å². The third kappa shape index (κ3) is 2.50. The van der Waals surface area contributed by atoms with Crippen LogP contribution in [0.15, 0.2) is 28.8 Å². The van der Waals surface area contributed by atoms with Crippen molar-refractivity contribution in [2.24, 2.45) is 5.73 Å². The molecule has 0 spiro atoms. The largest absolute Gasteiger partial charge is 0.361 e. The predicted octanol–water partition coefficient (Wildman–Crippen LogP) is 2.20. The lowest BCUT2D eigenvalue weighted by molar-refractivity contribution is 0.391. The first-order chi connectivity index (χ1) is 10.6. The van der Waals surface area contributed by atoms with Crippen molar-refractivity contribution in [3.63, 3.8) is 0 Å². The molecule has 0 fully saturated rings. The Morgan fingerprint density at radius 3 is 2.55 bits per heavy atom. The van der Waals surface area contributed by atoms with E-state index in [4.69, 9.17) is 10.3 Å². The number of nitrogens with zero attached hydrogens (tertiary/aromatic N) is 4. The Balaban J connectivity index is 2.06. The molecule has 0 saturated heterocycles. The summed E-state index contributed by atoms with van der Waals surface area (Å²) in [6.45, 7) is 4.47. The molecule has 0 atom stereocenters. The molecule has 2 N–H and O–H groups in total. The topological polar surface area (TPSA) is 82.8 Å². The summed E-state index contributed by atoms with van der Waals surface area (Å²) in [5.41, 5.74) is 9.77. The fraction of sp³-hybridized carbons (Fsp3) is 0.267. The first-order valence-electron chi connectivity index (χ1n) is 6.90. The van der Waals surface area contributed by atoms with Crippen molar-refractivity contribution in [3.8, 4) is 11.3 Å². The number of aromatic nitrogens is 4. The van der Waals surface area contributed by atoms with Gasteiger partial charge in [-0.15, -0.1) is 5.10 Å². The standard InChI is InChI=1S/C15H16FN5O/c1-9-13(10(2)22-19-9)8-21-15(14(7-17)18-20-21)11-3-5-12(16)6-4-11/h3-6H,7-8,17H2,1-2H3. The minimum atomic E-state index is -0.289. The molecule has 0 saturated carbocycles. The van der Waals surface area contributed by atoms with Gasteiger partial charge in [-0.3, -0.25) is 0 Å². The lowest BCUT2D eigenvalue weighted by Gasteiger charge is -2.08. The van der Waals surface area contributed by atoms with E-state index < -0.39 is 0 Å². The first-order valence-corrected chi connectivity index (χ1v) is 6.90. The van der Waals surface area contributed by atoms with Crippen LogP contribution in [-0.2, 0) is 13.1 Å². The lowest BCUT2D eigenvalue weighted by Crippen LogP contribution is -2.07. The molecule has 2 aromatic heterocycles. The van der Waals surface area contributed by atoms with Crippen LogP contribution in [0.1, 0.15) is 22.7 Å². The molecule has 0 aliphatic heterocycles. The van der Waals surface area contributed by atoms with E-state index in [1.165, 1.54) is 12.1 Å². The predicted molar refractivity (Wildman–Crippen MR) is 78.4 cm³/mol. The molecule has 3 rings (SSSR count). The molecule has 0 aliphatic carbocycles. The lowest BCUT2D eigenvalue weighted by atomic mass is 10.1. The Kier molecular flexibility index (Phi) is 3.72. The highest BCUT2D eigenvalue weighted by atomic mass is 19.1. The van der Waals surface area contributed by atoms with Crippen LogP contribution in [0.3, 0.4) is 0 Å². The summed E-state index contributed by atoms with van der Waals surface area (Å²) >= 11 is 0. The molecule has 1 aromatic carbocycles. The Morgan fingerprint density at radius 1 is 1.23 bits per heavy atom. The molecule has 0 aliphatic rings. The third-order valence-corrected chi connectivity index (χ3v) is 3.60. The fourth-order valence-electron chi connectivity index (χ4n) is 2.40. The van der Waals surface area contributed by atoms with Gasteiger partial charge in [-0.05, 0) is 38.1 Å². The Labute approximate surface area is 126 Å². The average Bonchev–Trinajstić information content (AvgIpc) is 3.06. The van der Waals surface area contributed by atoms with Gasteiger partial charge >= 0.3 is 0 Å². The number of hydrogen-bond acceptors (Lipinski definition) is 5. The summed E-state index contributed by atoms with van der Waals surface area (Å²) in [4.78, 5) is 0. The van der Waals surface area contributed by atoms with Crippen molar-refractivity contribution in [1.29, 1.82) is 0 Å². The molecule has 6 nitrogen and oxygen atoms in total. The monoisotopic (exact) mass is 301 g/mol. The van der Waals surface area contributed by atoms with E-state index in [1.54, 1.807) is 16.8 Å². The number of nitrogens with two attached hydrogens (primary N) is 1. The molecular weight excluding hydrogens is 285 g/mol. The van der Waals surface area contributed by atoms with E-state index in [2.05, 4.69) is 15.5 Å². The van der Waals surface area contributed by atoms with Crippen LogP contribution in [0.2, 0.25) is 0 Å². The van der Waals surface area contributed by atoms with Crippen molar-refractivity contribution in [1.82, 2.24) is 20.2 Å². The van der Waals surface area contributed by atoms with E-state index >= 15 is 0 Å². The molecule has 0 radical (unpaired) electrons. The average molecular weight is 301 g/mol. The van der Waals surface area contributed by atoms with Crippen molar-refractivity contribution < 1.29 is 8.91 Å². The minimum absolute atomic E-state index is 0.258. The van der Waals surface area contributed by atoms with Gasteiger partial charge in [0.1, 0.15) is 17.3 Å². The SMILES string of the molecule is Cc1noc(C)c1Cn1nnc(CN)c1-c1ccc(F)cc1. The zero-order valence-corrected chi connectivity index (χ0v) is 12.4. The van der Waals surface area contributed by atoms with Gasteiger partial charge < -0.3 is 10.3 Å². The molecule has 7 heteroatoms. The number of aryl methyl sites for hydroxylation is 2. The number of benzene rings is 1. The normalized spacial score (nSPS) is 11.1. The van der Waals surface area contributed by atoms with E-state index in [9.17, 15) is 4.39 Å². The highest BCUT2D eigenvalue weighted by molar-refractivity contribution is 5.62. The van der Waals surface area contributed by atoms with Crippen LogP contribution >= 0.6 is 0 Å².